The fourth-order valence-electron chi connectivity index (χ4n) is 1.70. The topological polar surface area (TPSA) is 72.6 Å². The molecule has 0 aliphatic rings. The van der Waals surface area contributed by atoms with Gasteiger partial charge < -0.3 is 9.84 Å². The molecule has 0 unspecified atom stereocenters. The van der Waals surface area contributed by atoms with Crippen LogP contribution in [0.2, 0.25) is 0 Å². The van der Waals surface area contributed by atoms with Crippen LogP contribution in [0.15, 0.2) is 48.5 Å². The number of ether oxygens (including phenoxy) is 1. The molecule has 0 aliphatic carbocycles. The molecule has 0 atom stereocenters. The number of nitrogens with zero attached hydrogens (tertiary/aromatic N) is 1. The number of rotatable bonds is 5. The fourth-order valence-corrected chi connectivity index (χ4v) is 1.70. The van der Waals surface area contributed by atoms with Gasteiger partial charge in [-0.15, -0.1) is 0 Å². The molecule has 19 heavy (non-hydrogen) atoms. The van der Waals surface area contributed by atoms with E-state index in [1.807, 2.05) is 30.3 Å². The lowest BCUT2D eigenvalue weighted by molar-refractivity contribution is -0.385. The van der Waals surface area contributed by atoms with Crippen LogP contribution in [0, 0.1) is 10.1 Å². The Bertz CT molecular complexity index is 569. The van der Waals surface area contributed by atoms with Gasteiger partial charge in [-0.05, 0) is 17.7 Å². The minimum absolute atomic E-state index is 0.102. The third-order valence-corrected chi connectivity index (χ3v) is 2.67. The van der Waals surface area contributed by atoms with Crippen LogP contribution < -0.4 is 4.74 Å². The monoisotopic (exact) mass is 259 g/mol. The van der Waals surface area contributed by atoms with Crippen LogP contribution >= 0.6 is 0 Å². The van der Waals surface area contributed by atoms with Gasteiger partial charge in [0.1, 0.15) is 12.4 Å². The van der Waals surface area contributed by atoms with Crippen LogP contribution in [-0.4, -0.2) is 10.0 Å². The van der Waals surface area contributed by atoms with Crippen LogP contribution in [0.4, 0.5) is 5.69 Å². The van der Waals surface area contributed by atoms with Gasteiger partial charge in [0.2, 0.25) is 0 Å². The summed E-state index contributed by atoms with van der Waals surface area (Å²) in [5.41, 5.74) is 1.15. The average molecular weight is 259 g/mol. The molecule has 0 bridgehead atoms. The van der Waals surface area contributed by atoms with Crippen LogP contribution in [0.3, 0.4) is 0 Å². The highest BCUT2D eigenvalue weighted by molar-refractivity contribution is 5.44. The first kappa shape index (κ1) is 13.0. The largest absolute Gasteiger partial charge is 0.489 e. The first-order valence-corrected chi connectivity index (χ1v) is 5.75. The highest BCUT2D eigenvalue weighted by Crippen LogP contribution is 2.24. The lowest BCUT2D eigenvalue weighted by Gasteiger charge is -2.07. The van der Waals surface area contributed by atoms with Crippen LogP contribution in [-0.2, 0) is 13.2 Å². The van der Waals surface area contributed by atoms with Crippen molar-refractivity contribution in [2.24, 2.45) is 0 Å². The van der Waals surface area contributed by atoms with E-state index in [0.717, 1.165) is 5.56 Å². The highest BCUT2D eigenvalue weighted by Gasteiger charge is 2.13. The summed E-state index contributed by atoms with van der Waals surface area (Å²) in [4.78, 5) is 10.2. The predicted molar refractivity (Wildman–Crippen MR) is 69.8 cm³/mol. The Morgan fingerprint density at radius 1 is 1.16 bits per heavy atom. The van der Waals surface area contributed by atoms with Gasteiger partial charge in [0, 0.05) is 6.07 Å². The molecular formula is C14H13NO4. The maximum Gasteiger partial charge on any atom is 0.275 e. The van der Waals surface area contributed by atoms with E-state index in [1.165, 1.54) is 18.2 Å². The molecule has 5 heteroatoms. The summed E-state index contributed by atoms with van der Waals surface area (Å²) in [5, 5.41) is 19.8. The number of nitro groups is 1. The van der Waals surface area contributed by atoms with Gasteiger partial charge in [-0.1, -0.05) is 30.3 Å². The number of hydrogen-bond acceptors (Lipinski definition) is 4. The Balaban J connectivity index is 2.11. The van der Waals surface area contributed by atoms with Crippen molar-refractivity contribution >= 4 is 5.69 Å². The second kappa shape index (κ2) is 5.97. The second-order valence-corrected chi connectivity index (χ2v) is 3.98. The molecule has 1 N–H and O–H groups in total. The smallest absolute Gasteiger partial charge is 0.275 e. The average Bonchev–Trinajstić information content (AvgIpc) is 2.45. The standard InChI is InChI=1S/C14H13NO4/c16-9-12-8-13(6-7-14(12)15(17)18)19-10-11-4-2-1-3-5-11/h1-8,16H,9-10H2. The van der Waals surface area contributed by atoms with Crippen LogP contribution in [0.25, 0.3) is 0 Å². The zero-order chi connectivity index (χ0) is 13.7. The lowest BCUT2D eigenvalue weighted by atomic mass is 10.2. The lowest BCUT2D eigenvalue weighted by Crippen LogP contribution is -1.99. The summed E-state index contributed by atoms with van der Waals surface area (Å²) in [5.74, 6) is 0.499. The summed E-state index contributed by atoms with van der Waals surface area (Å²) < 4.78 is 5.54. The summed E-state index contributed by atoms with van der Waals surface area (Å²) in [7, 11) is 0. The Morgan fingerprint density at radius 2 is 1.89 bits per heavy atom. The molecule has 2 aromatic rings. The maximum absolute atomic E-state index is 10.7. The predicted octanol–water partition coefficient (Wildman–Crippen LogP) is 2.67. The molecule has 0 saturated carbocycles. The Kier molecular flexibility index (Phi) is 4.10. The van der Waals surface area contributed by atoms with Crippen molar-refractivity contribution in [1.82, 2.24) is 0 Å². The molecule has 2 aromatic carbocycles. The highest BCUT2D eigenvalue weighted by atomic mass is 16.6. The Morgan fingerprint density at radius 3 is 2.53 bits per heavy atom. The molecule has 0 fully saturated rings. The SMILES string of the molecule is O=[N+]([O-])c1ccc(OCc2ccccc2)cc1CO. The van der Waals surface area contributed by atoms with Gasteiger partial charge >= 0.3 is 0 Å². The maximum atomic E-state index is 10.7. The minimum Gasteiger partial charge on any atom is -0.489 e. The van der Waals surface area contributed by atoms with E-state index in [1.54, 1.807) is 0 Å². The zero-order valence-corrected chi connectivity index (χ0v) is 10.2. The van der Waals surface area contributed by atoms with Gasteiger partial charge in [-0.3, -0.25) is 10.1 Å². The van der Waals surface area contributed by atoms with E-state index < -0.39 is 11.5 Å². The van der Waals surface area contributed by atoms with Gasteiger partial charge in [0.25, 0.3) is 5.69 Å². The minimum atomic E-state index is -0.521. The van der Waals surface area contributed by atoms with Crippen molar-refractivity contribution < 1.29 is 14.8 Å². The first-order valence-electron chi connectivity index (χ1n) is 5.75. The molecule has 0 aliphatic heterocycles. The van der Waals surface area contributed by atoms with E-state index in [4.69, 9.17) is 9.84 Å². The quantitative estimate of drug-likeness (QED) is 0.661. The number of nitro benzene ring substituents is 1. The second-order valence-electron chi connectivity index (χ2n) is 3.98. The van der Waals surface area contributed by atoms with E-state index in [9.17, 15) is 10.1 Å². The summed E-state index contributed by atoms with van der Waals surface area (Å²) >= 11 is 0. The van der Waals surface area contributed by atoms with Crippen LogP contribution in [0.1, 0.15) is 11.1 Å². The zero-order valence-electron chi connectivity index (χ0n) is 10.2. The Hall–Kier alpha value is -2.40. The Labute approximate surface area is 110 Å². The van der Waals surface area contributed by atoms with E-state index in [0.29, 0.717) is 12.4 Å². The number of hydrogen-bond donors (Lipinski definition) is 1. The van der Waals surface area contributed by atoms with E-state index >= 15 is 0 Å². The van der Waals surface area contributed by atoms with Gasteiger partial charge in [-0.2, -0.15) is 0 Å². The molecule has 5 nitrogen and oxygen atoms in total. The van der Waals surface area contributed by atoms with Crippen molar-refractivity contribution in [3.8, 4) is 5.75 Å². The molecule has 0 amide bonds. The first-order chi connectivity index (χ1) is 9.20. The summed E-state index contributed by atoms with van der Waals surface area (Å²) in [6.45, 7) is -0.0115. The molecule has 0 heterocycles. The van der Waals surface area contributed by atoms with Crippen LogP contribution in [0.5, 0.6) is 5.75 Å². The van der Waals surface area contributed by atoms with Crippen molar-refractivity contribution in [2.45, 2.75) is 13.2 Å². The summed E-state index contributed by atoms with van der Waals surface area (Å²) in [6, 6.07) is 13.9. The van der Waals surface area contributed by atoms with E-state index in [2.05, 4.69) is 0 Å². The molecule has 2 rings (SSSR count). The van der Waals surface area contributed by atoms with Crippen molar-refractivity contribution in [1.29, 1.82) is 0 Å². The van der Waals surface area contributed by atoms with Gasteiger partial charge in [0.05, 0.1) is 17.1 Å². The fraction of sp³-hybridized carbons (Fsp3) is 0.143. The van der Waals surface area contributed by atoms with Crippen molar-refractivity contribution in [3.05, 3.63) is 69.8 Å². The number of benzene rings is 2. The number of aliphatic hydroxyl groups excluding tert-OH is 1. The molecule has 0 spiro atoms. The van der Waals surface area contributed by atoms with Crippen molar-refractivity contribution in [3.63, 3.8) is 0 Å². The molecule has 0 aromatic heterocycles. The third kappa shape index (κ3) is 3.29. The molecule has 98 valence electrons. The molecular weight excluding hydrogens is 246 g/mol. The third-order valence-electron chi connectivity index (χ3n) is 2.67. The van der Waals surface area contributed by atoms with Gasteiger partial charge in [-0.25, -0.2) is 0 Å². The van der Waals surface area contributed by atoms with E-state index in [-0.39, 0.29) is 11.3 Å². The van der Waals surface area contributed by atoms with Gasteiger partial charge in [0.15, 0.2) is 0 Å². The normalized spacial score (nSPS) is 10.2. The van der Waals surface area contributed by atoms with Crippen molar-refractivity contribution in [2.75, 3.05) is 0 Å². The molecule has 0 saturated heterocycles. The summed E-state index contributed by atoms with van der Waals surface area (Å²) in [6.07, 6.45) is 0. The molecule has 0 radical (unpaired) electrons. The number of aliphatic hydroxyl groups is 1.